The fourth-order valence-electron chi connectivity index (χ4n) is 1.58. The van der Waals surface area contributed by atoms with Gasteiger partial charge in [0.05, 0.1) is 10.0 Å². The van der Waals surface area contributed by atoms with Crippen LogP contribution in [0.15, 0.2) is 24.3 Å². The molecule has 100 valence electrons. The van der Waals surface area contributed by atoms with Gasteiger partial charge in [0.25, 0.3) is 0 Å². The van der Waals surface area contributed by atoms with Crippen molar-refractivity contribution in [1.29, 1.82) is 0 Å². The van der Waals surface area contributed by atoms with Crippen molar-refractivity contribution in [3.05, 3.63) is 45.0 Å². The highest BCUT2D eigenvalue weighted by Crippen LogP contribution is 2.36. The van der Waals surface area contributed by atoms with Gasteiger partial charge >= 0.3 is 0 Å². The summed E-state index contributed by atoms with van der Waals surface area (Å²) in [6, 6.07) is 7.10. The van der Waals surface area contributed by atoms with Crippen LogP contribution in [0.3, 0.4) is 0 Å². The molecule has 0 amide bonds. The Morgan fingerprint density at radius 2 is 1.79 bits per heavy atom. The lowest BCUT2D eigenvalue weighted by molar-refractivity contribution is 0.447. The highest BCUT2D eigenvalue weighted by atomic mass is 35.5. The zero-order valence-electron chi connectivity index (χ0n) is 10.3. The van der Waals surface area contributed by atoms with Crippen molar-refractivity contribution >= 4 is 34.8 Å². The van der Waals surface area contributed by atoms with Crippen molar-refractivity contribution in [3.8, 4) is 11.6 Å². The fourth-order valence-corrected chi connectivity index (χ4v) is 2.02. The number of rotatable bonds is 3. The van der Waals surface area contributed by atoms with Gasteiger partial charge in [0.2, 0.25) is 5.88 Å². The average molecular weight is 318 g/mol. The molecule has 2 aromatic rings. The largest absolute Gasteiger partial charge is 0.436 e. The molecule has 1 heterocycles. The van der Waals surface area contributed by atoms with Gasteiger partial charge in [-0.15, -0.1) is 10.2 Å². The molecule has 0 aliphatic carbocycles. The molecule has 0 spiro atoms. The number of aromatic nitrogens is 2. The zero-order valence-corrected chi connectivity index (χ0v) is 12.6. The topological polar surface area (TPSA) is 35.0 Å². The maximum atomic E-state index is 6.16. The second-order valence-electron chi connectivity index (χ2n) is 4.24. The fraction of sp³-hybridized carbons (Fsp3) is 0.231. The van der Waals surface area contributed by atoms with E-state index in [-0.39, 0.29) is 22.0 Å². The lowest BCUT2D eigenvalue weighted by atomic mass is 10.0. The standard InChI is InChI=1S/C13H11Cl3N2O/c1-7(2)8-4-3-5-9(14)12(8)19-11-6-10(15)13(16)18-17-11/h3-7H,1-2H3. The molecule has 2 rings (SSSR count). The van der Waals surface area contributed by atoms with E-state index < -0.39 is 0 Å². The van der Waals surface area contributed by atoms with Gasteiger partial charge in [0.1, 0.15) is 0 Å². The number of nitrogens with zero attached hydrogens (tertiary/aromatic N) is 2. The lowest BCUT2D eigenvalue weighted by Crippen LogP contribution is -1.97. The highest BCUT2D eigenvalue weighted by molar-refractivity contribution is 6.41. The van der Waals surface area contributed by atoms with E-state index in [0.29, 0.717) is 10.8 Å². The van der Waals surface area contributed by atoms with Gasteiger partial charge in [-0.25, -0.2) is 0 Å². The van der Waals surface area contributed by atoms with E-state index in [1.807, 2.05) is 12.1 Å². The van der Waals surface area contributed by atoms with Crippen LogP contribution in [0.5, 0.6) is 11.6 Å². The quantitative estimate of drug-likeness (QED) is 0.765. The molecule has 0 fully saturated rings. The van der Waals surface area contributed by atoms with Gasteiger partial charge in [0.15, 0.2) is 10.9 Å². The van der Waals surface area contributed by atoms with E-state index >= 15 is 0 Å². The third-order valence-corrected chi connectivity index (χ3v) is 3.47. The Hall–Kier alpha value is -1.03. The van der Waals surface area contributed by atoms with Gasteiger partial charge in [-0.05, 0) is 17.5 Å². The summed E-state index contributed by atoms with van der Waals surface area (Å²) >= 11 is 17.7. The summed E-state index contributed by atoms with van der Waals surface area (Å²) in [6.45, 7) is 4.11. The molecule has 0 bridgehead atoms. The first-order valence-electron chi connectivity index (χ1n) is 5.64. The van der Waals surface area contributed by atoms with E-state index in [0.717, 1.165) is 5.56 Å². The zero-order chi connectivity index (χ0) is 14.0. The van der Waals surface area contributed by atoms with E-state index in [1.165, 1.54) is 6.07 Å². The second-order valence-corrected chi connectivity index (χ2v) is 5.41. The van der Waals surface area contributed by atoms with Crippen molar-refractivity contribution in [2.75, 3.05) is 0 Å². The third-order valence-electron chi connectivity index (χ3n) is 2.51. The summed E-state index contributed by atoms with van der Waals surface area (Å²) < 4.78 is 5.69. The minimum Gasteiger partial charge on any atom is -0.436 e. The van der Waals surface area contributed by atoms with Crippen LogP contribution in [0.2, 0.25) is 15.2 Å². The van der Waals surface area contributed by atoms with Crippen LogP contribution in [0.4, 0.5) is 0 Å². The van der Waals surface area contributed by atoms with E-state index in [1.54, 1.807) is 6.07 Å². The second kappa shape index (κ2) is 5.95. The molecule has 0 aliphatic rings. The predicted octanol–water partition coefficient (Wildman–Crippen LogP) is 5.35. The number of para-hydroxylation sites is 1. The number of hydrogen-bond donors (Lipinski definition) is 0. The molecular weight excluding hydrogens is 307 g/mol. The number of hydrogen-bond acceptors (Lipinski definition) is 3. The van der Waals surface area contributed by atoms with Gasteiger partial charge in [-0.3, -0.25) is 0 Å². The van der Waals surface area contributed by atoms with Crippen LogP contribution in [-0.4, -0.2) is 10.2 Å². The van der Waals surface area contributed by atoms with Gasteiger partial charge in [-0.2, -0.15) is 0 Å². The Balaban J connectivity index is 2.40. The van der Waals surface area contributed by atoms with Gasteiger partial charge in [0, 0.05) is 6.07 Å². The molecular formula is C13H11Cl3N2O. The third kappa shape index (κ3) is 3.30. The molecule has 0 saturated heterocycles. The van der Waals surface area contributed by atoms with Crippen LogP contribution in [0.1, 0.15) is 25.3 Å². The van der Waals surface area contributed by atoms with Crippen molar-refractivity contribution in [3.63, 3.8) is 0 Å². The first-order chi connectivity index (χ1) is 8.99. The highest BCUT2D eigenvalue weighted by Gasteiger charge is 2.14. The normalized spacial score (nSPS) is 10.8. The number of benzene rings is 1. The van der Waals surface area contributed by atoms with Crippen LogP contribution in [0.25, 0.3) is 0 Å². The lowest BCUT2D eigenvalue weighted by Gasteiger charge is -2.14. The first-order valence-corrected chi connectivity index (χ1v) is 6.77. The minimum absolute atomic E-state index is 0.136. The van der Waals surface area contributed by atoms with Crippen molar-refractivity contribution < 1.29 is 4.74 Å². The summed E-state index contributed by atoms with van der Waals surface area (Å²) in [6.07, 6.45) is 0. The predicted molar refractivity (Wildman–Crippen MR) is 77.7 cm³/mol. The SMILES string of the molecule is CC(C)c1cccc(Cl)c1Oc1cc(Cl)c(Cl)nn1. The molecule has 1 aromatic heterocycles. The number of ether oxygens (including phenoxy) is 1. The Bertz CT molecular complexity index is 602. The Labute approximate surface area is 126 Å². The molecule has 19 heavy (non-hydrogen) atoms. The molecule has 0 aliphatic heterocycles. The van der Waals surface area contributed by atoms with Gasteiger partial charge < -0.3 is 4.74 Å². The molecule has 0 saturated carbocycles. The van der Waals surface area contributed by atoms with Crippen molar-refractivity contribution in [2.45, 2.75) is 19.8 Å². The van der Waals surface area contributed by atoms with Crippen LogP contribution >= 0.6 is 34.8 Å². The molecule has 1 aromatic carbocycles. The average Bonchev–Trinajstić information content (AvgIpc) is 2.36. The van der Waals surface area contributed by atoms with Crippen molar-refractivity contribution in [1.82, 2.24) is 10.2 Å². The molecule has 3 nitrogen and oxygen atoms in total. The van der Waals surface area contributed by atoms with E-state index in [2.05, 4.69) is 24.0 Å². The van der Waals surface area contributed by atoms with Crippen LogP contribution < -0.4 is 4.74 Å². The van der Waals surface area contributed by atoms with Crippen LogP contribution in [-0.2, 0) is 0 Å². The maximum absolute atomic E-state index is 6.16. The number of halogens is 3. The van der Waals surface area contributed by atoms with Gasteiger partial charge in [-0.1, -0.05) is 60.8 Å². The summed E-state index contributed by atoms with van der Waals surface area (Å²) in [5, 5.41) is 8.45. The molecule has 0 radical (unpaired) electrons. The Kier molecular flexibility index (Phi) is 4.50. The van der Waals surface area contributed by atoms with Crippen molar-refractivity contribution in [2.24, 2.45) is 0 Å². The monoisotopic (exact) mass is 316 g/mol. The smallest absolute Gasteiger partial charge is 0.240 e. The maximum Gasteiger partial charge on any atom is 0.240 e. The molecule has 6 heteroatoms. The summed E-state index contributed by atoms with van der Waals surface area (Å²) in [5.41, 5.74) is 0.986. The van der Waals surface area contributed by atoms with Crippen LogP contribution in [0, 0.1) is 0 Å². The minimum atomic E-state index is 0.136. The molecule has 0 unspecified atom stereocenters. The van der Waals surface area contributed by atoms with E-state index in [4.69, 9.17) is 39.5 Å². The first kappa shape index (κ1) is 14.4. The summed E-state index contributed by atoms with van der Waals surface area (Å²) in [4.78, 5) is 0. The molecule has 0 N–H and O–H groups in total. The summed E-state index contributed by atoms with van der Waals surface area (Å²) in [5.74, 6) is 1.08. The molecule has 0 atom stereocenters. The Morgan fingerprint density at radius 1 is 1.05 bits per heavy atom. The Morgan fingerprint density at radius 3 is 2.42 bits per heavy atom. The summed E-state index contributed by atoms with van der Waals surface area (Å²) in [7, 11) is 0. The van der Waals surface area contributed by atoms with E-state index in [9.17, 15) is 0 Å².